The minimum Gasteiger partial charge on any atom is -0.507 e. The lowest BCUT2D eigenvalue weighted by Crippen LogP contribution is -2.51. The molecule has 0 bridgehead atoms. The Bertz CT molecular complexity index is 768. The van der Waals surface area contributed by atoms with Crippen molar-refractivity contribution in [3.63, 3.8) is 0 Å². The summed E-state index contributed by atoms with van der Waals surface area (Å²) >= 11 is 0. The zero-order valence-electron chi connectivity index (χ0n) is 14.3. The van der Waals surface area contributed by atoms with E-state index in [0.29, 0.717) is 25.5 Å². The Labute approximate surface area is 150 Å². The minimum absolute atomic E-state index is 0.0212. The number of phenols is 1. The quantitative estimate of drug-likeness (QED) is 0.835. The van der Waals surface area contributed by atoms with Gasteiger partial charge in [-0.2, -0.15) is 0 Å². The predicted octanol–water partition coefficient (Wildman–Crippen LogP) is 0.826. The van der Waals surface area contributed by atoms with E-state index in [4.69, 9.17) is 9.47 Å². The van der Waals surface area contributed by atoms with Crippen molar-refractivity contribution in [1.29, 1.82) is 0 Å². The highest BCUT2D eigenvalue weighted by Gasteiger charge is 2.39. The van der Waals surface area contributed by atoms with Gasteiger partial charge in [0.05, 0.1) is 16.9 Å². The fourth-order valence-corrected chi connectivity index (χ4v) is 3.64. The van der Waals surface area contributed by atoms with Crippen LogP contribution in [0.25, 0.3) is 5.69 Å². The third-order valence-electron chi connectivity index (χ3n) is 5.07. The van der Waals surface area contributed by atoms with Crippen molar-refractivity contribution in [3.8, 4) is 11.4 Å². The summed E-state index contributed by atoms with van der Waals surface area (Å²) in [5.74, 6) is -0.400. The first kappa shape index (κ1) is 16.9. The molecule has 1 amide bonds. The Hall–Kier alpha value is -2.52. The highest BCUT2D eigenvalue weighted by atomic mass is 16.5. The lowest BCUT2D eigenvalue weighted by molar-refractivity contribution is -0.139. The molecule has 0 unspecified atom stereocenters. The summed E-state index contributed by atoms with van der Waals surface area (Å²) in [5.41, 5.74) is 0.617. The number of rotatable bonds is 3. The van der Waals surface area contributed by atoms with E-state index in [1.54, 1.807) is 12.1 Å². The average molecular weight is 359 g/mol. The smallest absolute Gasteiger partial charge is 0.255 e. The van der Waals surface area contributed by atoms with E-state index in [9.17, 15) is 9.90 Å². The van der Waals surface area contributed by atoms with Crippen LogP contribution < -0.4 is 5.32 Å². The molecule has 138 valence electrons. The van der Waals surface area contributed by atoms with Gasteiger partial charge in [-0.15, -0.1) is 5.10 Å². The van der Waals surface area contributed by atoms with Crippen molar-refractivity contribution >= 4 is 5.91 Å². The number of hydrogen-bond donors (Lipinski definition) is 2. The Morgan fingerprint density at radius 2 is 2.15 bits per heavy atom. The van der Waals surface area contributed by atoms with Crippen LogP contribution in [0.5, 0.6) is 5.75 Å². The van der Waals surface area contributed by atoms with E-state index >= 15 is 0 Å². The standard InChI is InChI=1S/C17H21N5O4/c23-15-9-13(22-11-18-20-21-22)1-2-14(15)16(24)19-12-3-6-26-17(10-12)4-7-25-8-5-17/h1-2,9,11-12,23H,3-8,10H2,(H,19,24)/t12-/m0/s1. The third-order valence-corrected chi connectivity index (χ3v) is 5.07. The molecular weight excluding hydrogens is 338 g/mol. The van der Waals surface area contributed by atoms with Gasteiger partial charge in [0.2, 0.25) is 0 Å². The molecule has 1 spiro atoms. The second kappa shape index (κ2) is 7.00. The number of aromatic nitrogens is 4. The van der Waals surface area contributed by atoms with Crippen molar-refractivity contribution in [2.45, 2.75) is 37.3 Å². The van der Waals surface area contributed by atoms with Crippen molar-refractivity contribution in [3.05, 3.63) is 30.1 Å². The van der Waals surface area contributed by atoms with Crippen LogP contribution in [0.15, 0.2) is 24.5 Å². The molecule has 0 aliphatic carbocycles. The van der Waals surface area contributed by atoms with E-state index < -0.39 is 0 Å². The van der Waals surface area contributed by atoms with Gasteiger partial charge in [-0.05, 0) is 48.2 Å². The number of ether oxygens (including phenoxy) is 2. The molecule has 9 nitrogen and oxygen atoms in total. The largest absolute Gasteiger partial charge is 0.507 e. The van der Waals surface area contributed by atoms with Crippen LogP contribution in [-0.2, 0) is 9.47 Å². The molecule has 1 atom stereocenters. The molecule has 2 aromatic rings. The molecule has 2 N–H and O–H groups in total. The molecule has 0 radical (unpaired) electrons. The Balaban J connectivity index is 1.44. The van der Waals surface area contributed by atoms with Gasteiger partial charge >= 0.3 is 0 Å². The van der Waals surface area contributed by atoms with Crippen molar-refractivity contribution in [2.24, 2.45) is 0 Å². The Morgan fingerprint density at radius 3 is 2.88 bits per heavy atom. The van der Waals surface area contributed by atoms with E-state index in [-0.39, 0.29) is 28.9 Å². The fraction of sp³-hybridized carbons (Fsp3) is 0.529. The third kappa shape index (κ3) is 3.40. The topological polar surface area (TPSA) is 111 Å². The van der Waals surface area contributed by atoms with Gasteiger partial charge in [0.15, 0.2) is 0 Å². The molecule has 4 rings (SSSR count). The van der Waals surface area contributed by atoms with Crippen LogP contribution in [0.2, 0.25) is 0 Å². The number of nitrogens with zero attached hydrogens (tertiary/aromatic N) is 4. The highest BCUT2D eigenvalue weighted by molar-refractivity contribution is 5.97. The summed E-state index contributed by atoms with van der Waals surface area (Å²) in [6.07, 6.45) is 4.66. The number of tetrazole rings is 1. The van der Waals surface area contributed by atoms with Crippen LogP contribution in [0.4, 0.5) is 0 Å². The van der Waals surface area contributed by atoms with Crippen molar-refractivity contribution in [2.75, 3.05) is 19.8 Å². The van der Waals surface area contributed by atoms with Gasteiger partial charge in [0.1, 0.15) is 12.1 Å². The molecule has 1 aromatic heterocycles. The second-order valence-electron chi connectivity index (χ2n) is 6.76. The zero-order valence-corrected chi connectivity index (χ0v) is 14.3. The summed E-state index contributed by atoms with van der Waals surface area (Å²) in [7, 11) is 0. The minimum atomic E-state index is -0.292. The Morgan fingerprint density at radius 1 is 1.31 bits per heavy atom. The summed E-state index contributed by atoms with van der Waals surface area (Å²) in [6.45, 7) is 2.01. The normalized spacial score (nSPS) is 22.2. The molecule has 2 aliphatic rings. The summed E-state index contributed by atoms with van der Waals surface area (Å²) < 4.78 is 12.8. The number of nitrogens with one attached hydrogen (secondary N) is 1. The summed E-state index contributed by atoms with van der Waals surface area (Å²) in [6, 6.07) is 4.75. The Kier molecular flexibility index (Phi) is 4.56. The number of phenolic OH excluding ortho intramolecular Hbond substituents is 1. The van der Waals surface area contributed by atoms with Crippen molar-refractivity contribution < 1.29 is 19.4 Å². The van der Waals surface area contributed by atoms with Gasteiger partial charge in [-0.1, -0.05) is 0 Å². The summed E-state index contributed by atoms with van der Waals surface area (Å²) in [5, 5.41) is 24.2. The molecule has 9 heteroatoms. The van der Waals surface area contributed by atoms with Crippen LogP contribution >= 0.6 is 0 Å². The van der Waals surface area contributed by atoms with E-state index in [0.717, 1.165) is 25.7 Å². The molecule has 3 heterocycles. The van der Waals surface area contributed by atoms with Gasteiger partial charge < -0.3 is 19.9 Å². The van der Waals surface area contributed by atoms with Crippen LogP contribution in [0, 0.1) is 0 Å². The van der Waals surface area contributed by atoms with Gasteiger partial charge in [-0.3, -0.25) is 4.79 Å². The van der Waals surface area contributed by atoms with E-state index in [2.05, 4.69) is 20.8 Å². The van der Waals surface area contributed by atoms with Crippen LogP contribution in [-0.4, -0.2) is 62.7 Å². The number of hydrogen-bond acceptors (Lipinski definition) is 7. The van der Waals surface area contributed by atoms with Gasteiger partial charge in [0.25, 0.3) is 5.91 Å². The van der Waals surface area contributed by atoms with Crippen molar-refractivity contribution in [1.82, 2.24) is 25.5 Å². The zero-order chi connectivity index (χ0) is 18.0. The first-order chi connectivity index (χ1) is 12.7. The van der Waals surface area contributed by atoms with Gasteiger partial charge in [0, 0.05) is 31.9 Å². The lowest BCUT2D eigenvalue weighted by Gasteiger charge is -2.43. The number of carbonyl (C=O) groups excluding carboxylic acids is 1. The van der Waals surface area contributed by atoms with E-state index in [1.807, 2.05) is 0 Å². The van der Waals surface area contributed by atoms with Gasteiger partial charge in [-0.25, -0.2) is 4.68 Å². The number of aromatic hydroxyl groups is 1. The maximum Gasteiger partial charge on any atom is 0.255 e. The fourth-order valence-electron chi connectivity index (χ4n) is 3.64. The molecule has 2 aliphatic heterocycles. The highest BCUT2D eigenvalue weighted by Crippen LogP contribution is 2.34. The first-order valence-corrected chi connectivity index (χ1v) is 8.74. The monoisotopic (exact) mass is 359 g/mol. The molecule has 1 aromatic carbocycles. The van der Waals surface area contributed by atoms with Crippen LogP contribution in [0.1, 0.15) is 36.0 Å². The first-order valence-electron chi connectivity index (χ1n) is 8.74. The van der Waals surface area contributed by atoms with Crippen LogP contribution in [0.3, 0.4) is 0 Å². The number of benzene rings is 1. The molecule has 2 saturated heterocycles. The summed E-state index contributed by atoms with van der Waals surface area (Å²) in [4.78, 5) is 12.6. The van der Waals surface area contributed by atoms with E-state index in [1.165, 1.54) is 17.1 Å². The average Bonchev–Trinajstić information content (AvgIpc) is 3.17. The predicted molar refractivity (Wildman–Crippen MR) is 90.0 cm³/mol. The second-order valence-corrected chi connectivity index (χ2v) is 6.76. The maximum absolute atomic E-state index is 12.6. The molecule has 2 fully saturated rings. The number of amides is 1. The lowest BCUT2D eigenvalue weighted by atomic mass is 9.84. The molecular formula is C17H21N5O4. The molecule has 26 heavy (non-hydrogen) atoms. The SMILES string of the molecule is O=C(N[C@H]1CCOC2(CCOCC2)C1)c1ccc(-n2cnnn2)cc1O. The molecule has 0 saturated carbocycles. The number of carbonyl (C=O) groups is 1. The maximum atomic E-state index is 12.6.